The van der Waals surface area contributed by atoms with Crippen molar-refractivity contribution in [1.29, 1.82) is 0 Å². The van der Waals surface area contributed by atoms with E-state index in [0.29, 0.717) is 22.3 Å². The first-order chi connectivity index (χ1) is 12.3. The highest BCUT2D eigenvalue weighted by molar-refractivity contribution is 6.31. The summed E-state index contributed by atoms with van der Waals surface area (Å²) in [5.41, 5.74) is 3.71. The Morgan fingerprint density at radius 2 is 1.48 bits per heavy atom. The van der Waals surface area contributed by atoms with E-state index in [-0.39, 0.29) is 11.6 Å². The molecule has 0 saturated carbocycles. The minimum absolute atomic E-state index is 0.0979. The van der Waals surface area contributed by atoms with Gasteiger partial charge in [-0.25, -0.2) is 0 Å². The summed E-state index contributed by atoms with van der Waals surface area (Å²) in [5, 5.41) is 0. The predicted octanol–water partition coefficient (Wildman–Crippen LogP) is 3.98. The fraction of sp³-hybridized carbons (Fsp3) is 0.143. The van der Waals surface area contributed by atoms with Crippen LogP contribution in [0, 0.1) is 0 Å². The number of carbonyl (C=O) groups is 2. The molecule has 4 nitrogen and oxygen atoms in total. The molecule has 0 N–H and O–H groups in total. The number of carbonyl (C=O) groups excluding carboxylic acids is 2. The Balaban J connectivity index is 1.91. The normalized spacial score (nSPS) is 23.4. The van der Waals surface area contributed by atoms with Crippen LogP contribution in [0.4, 0.5) is 0 Å². The van der Waals surface area contributed by atoms with Gasteiger partial charge in [0.25, 0.3) is 0 Å². The molecule has 4 rings (SSSR count). The lowest BCUT2D eigenvalue weighted by Gasteiger charge is -2.19. The molecule has 2 aromatic rings. The van der Waals surface area contributed by atoms with Gasteiger partial charge in [0.15, 0.2) is 11.6 Å². The number of ketones is 2. The molecule has 0 aliphatic heterocycles. The van der Waals surface area contributed by atoms with Crippen LogP contribution in [0.25, 0.3) is 5.57 Å². The number of aromatic nitrogens is 2. The largest absolute Gasteiger partial charge is 0.289 e. The lowest BCUT2D eigenvalue weighted by atomic mass is 9.81. The van der Waals surface area contributed by atoms with Crippen molar-refractivity contribution in [2.45, 2.75) is 19.3 Å². The van der Waals surface area contributed by atoms with Crippen molar-refractivity contribution in [3.8, 4) is 0 Å². The van der Waals surface area contributed by atoms with Gasteiger partial charge in [0.2, 0.25) is 0 Å². The molecule has 0 spiro atoms. The van der Waals surface area contributed by atoms with E-state index in [2.05, 4.69) is 16.0 Å². The molecule has 0 radical (unpaired) electrons. The average Bonchev–Trinajstić information content (AvgIpc) is 2.77. The summed E-state index contributed by atoms with van der Waals surface area (Å²) in [7, 11) is 0. The maximum Gasteiger partial charge on any atom is 0.196 e. The van der Waals surface area contributed by atoms with Crippen LogP contribution < -0.4 is 0 Å². The van der Waals surface area contributed by atoms with E-state index in [4.69, 9.17) is 0 Å². The first kappa shape index (κ1) is 15.4. The summed E-state index contributed by atoms with van der Waals surface area (Å²) in [5.74, 6) is -0.241. The zero-order valence-electron chi connectivity index (χ0n) is 13.6. The van der Waals surface area contributed by atoms with Crippen LogP contribution in [0.1, 0.15) is 45.5 Å². The predicted molar refractivity (Wildman–Crippen MR) is 95.1 cm³/mol. The van der Waals surface area contributed by atoms with Gasteiger partial charge >= 0.3 is 0 Å². The molecule has 0 fully saturated rings. The number of Topliss-reactive ketones (excluding diaryl/α,β-unsaturated/α-hetero) is 2. The number of allylic oxidation sites excluding steroid dienone is 6. The van der Waals surface area contributed by atoms with Crippen molar-refractivity contribution in [1.82, 2.24) is 9.97 Å². The van der Waals surface area contributed by atoms with Gasteiger partial charge in [0.05, 0.1) is 5.56 Å². The second-order valence-corrected chi connectivity index (χ2v) is 6.08. The van der Waals surface area contributed by atoms with Gasteiger partial charge < -0.3 is 0 Å². The molecule has 122 valence electrons. The summed E-state index contributed by atoms with van der Waals surface area (Å²) < 4.78 is 0. The molecule has 2 aromatic heterocycles. The van der Waals surface area contributed by atoms with Crippen molar-refractivity contribution in [2.75, 3.05) is 0 Å². The highest BCUT2D eigenvalue weighted by Gasteiger charge is 2.32. The third kappa shape index (κ3) is 2.76. The number of fused-ring (bicyclic) bond motifs is 2. The second-order valence-electron chi connectivity index (χ2n) is 6.08. The first-order valence-corrected chi connectivity index (χ1v) is 8.32. The fourth-order valence-electron chi connectivity index (χ4n) is 3.24. The van der Waals surface area contributed by atoms with Gasteiger partial charge in [0.1, 0.15) is 0 Å². The molecule has 4 heteroatoms. The molecule has 2 heterocycles. The summed E-state index contributed by atoms with van der Waals surface area (Å²) in [6.07, 6.45) is 14.9. The summed E-state index contributed by atoms with van der Waals surface area (Å²) in [4.78, 5) is 34.0. The Morgan fingerprint density at radius 1 is 0.760 bits per heavy atom. The molecule has 0 saturated heterocycles. The minimum atomic E-state index is -0.143. The van der Waals surface area contributed by atoms with E-state index in [1.165, 1.54) is 6.20 Å². The van der Waals surface area contributed by atoms with Gasteiger partial charge in [-0.05, 0) is 54.7 Å². The van der Waals surface area contributed by atoms with Crippen molar-refractivity contribution in [3.63, 3.8) is 0 Å². The van der Waals surface area contributed by atoms with E-state index >= 15 is 0 Å². The molecule has 0 bridgehead atoms. The Hall–Kier alpha value is -3.14. The maximum absolute atomic E-state index is 13.0. The van der Waals surface area contributed by atoms with Gasteiger partial charge in [0, 0.05) is 41.5 Å². The van der Waals surface area contributed by atoms with E-state index < -0.39 is 0 Å². The third-order valence-electron chi connectivity index (χ3n) is 4.52. The Morgan fingerprint density at radius 3 is 2.32 bits per heavy atom. The topological polar surface area (TPSA) is 59.9 Å². The monoisotopic (exact) mass is 328 g/mol. The number of rotatable bonds is 1. The molecule has 0 amide bonds. The maximum atomic E-state index is 13.0. The highest BCUT2D eigenvalue weighted by Crippen LogP contribution is 2.33. The Bertz CT molecular complexity index is 953. The van der Waals surface area contributed by atoms with Crippen molar-refractivity contribution in [3.05, 3.63) is 89.1 Å². The van der Waals surface area contributed by atoms with E-state index in [0.717, 1.165) is 30.4 Å². The van der Waals surface area contributed by atoms with Crippen LogP contribution in [-0.2, 0) is 0 Å². The molecular weight excluding hydrogens is 312 g/mol. The van der Waals surface area contributed by atoms with Crippen LogP contribution in [0.3, 0.4) is 0 Å². The lowest BCUT2D eigenvalue weighted by Crippen LogP contribution is -2.23. The fourth-order valence-corrected chi connectivity index (χ4v) is 3.24. The SMILES string of the molecule is O=C1C2=C/CCC\C=C(c3ccncc3)/C=C\2C(=O)c2cnccc21. The summed E-state index contributed by atoms with van der Waals surface area (Å²) >= 11 is 0. The molecule has 0 aromatic carbocycles. The van der Waals surface area contributed by atoms with Gasteiger partial charge in [-0.3, -0.25) is 19.6 Å². The van der Waals surface area contributed by atoms with E-state index in [9.17, 15) is 9.59 Å². The minimum Gasteiger partial charge on any atom is -0.289 e. The molecule has 2 aliphatic rings. The van der Waals surface area contributed by atoms with E-state index in [1.54, 1.807) is 24.7 Å². The zero-order chi connectivity index (χ0) is 17.2. The Labute approximate surface area is 145 Å². The van der Waals surface area contributed by atoms with Crippen LogP contribution in [0.15, 0.2) is 72.4 Å². The Kier molecular flexibility index (Phi) is 3.94. The summed E-state index contributed by atoms with van der Waals surface area (Å²) in [6, 6.07) is 5.45. The van der Waals surface area contributed by atoms with Crippen LogP contribution >= 0.6 is 0 Å². The third-order valence-corrected chi connectivity index (χ3v) is 4.52. The first-order valence-electron chi connectivity index (χ1n) is 8.32. The quantitative estimate of drug-likeness (QED) is 0.794. The zero-order valence-corrected chi connectivity index (χ0v) is 13.6. The number of hydrogen-bond acceptors (Lipinski definition) is 4. The number of nitrogens with zero attached hydrogens (tertiary/aromatic N) is 2. The lowest BCUT2D eigenvalue weighted by molar-refractivity contribution is 0.0972. The van der Waals surface area contributed by atoms with Crippen LogP contribution in [0.2, 0.25) is 0 Å². The van der Waals surface area contributed by atoms with Crippen molar-refractivity contribution >= 4 is 17.1 Å². The molecule has 2 aliphatic carbocycles. The molecule has 0 atom stereocenters. The number of hydrogen-bond donors (Lipinski definition) is 0. The standard InChI is InChI=1S/C21H16N2O2/c24-20-16-5-3-1-2-4-15(14-6-9-22-10-7-14)12-18(16)21(25)19-13-23-11-8-17(19)20/h4-13H,1-3H2/b15-4+,16-5+,18-12+. The number of pyridine rings is 2. The van der Waals surface area contributed by atoms with Gasteiger partial charge in [-0.15, -0.1) is 0 Å². The van der Waals surface area contributed by atoms with Crippen LogP contribution in [0.5, 0.6) is 0 Å². The van der Waals surface area contributed by atoms with Gasteiger partial charge in [-0.1, -0.05) is 12.2 Å². The second kappa shape index (κ2) is 6.40. The van der Waals surface area contributed by atoms with Crippen molar-refractivity contribution < 1.29 is 9.59 Å². The molecule has 25 heavy (non-hydrogen) atoms. The average molecular weight is 328 g/mol. The van der Waals surface area contributed by atoms with Crippen molar-refractivity contribution in [2.24, 2.45) is 0 Å². The highest BCUT2D eigenvalue weighted by atomic mass is 16.1. The van der Waals surface area contributed by atoms with Crippen LogP contribution in [-0.4, -0.2) is 21.5 Å². The summed E-state index contributed by atoms with van der Waals surface area (Å²) in [6.45, 7) is 0. The smallest absolute Gasteiger partial charge is 0.196 e. The van der Waals surface area contributed by atoms with Gasteiger partial charge in [-0.2, -0.15) is 0 Å². The molecular formula is C21H16N2O2. The van der Waals surface area contributed by atoms with E-state index in [1.807, 2.05) is 24.3 Å². The molecule has 0 unspecified atom stereocenters.